The molecule has 0 aliphatic heterocycles. The number of carbonyl (C=O) groups is 1. The van der Waals surface area contributed by atoms with Crippen molar-refractivity contribution >= 4 is 32.8 Å². The van der Waals surface area contributed by atoms with E-state index in [1.807, 2.05) is 30.5 Å². The van der Waals surface area contributed by atoms with Gasteiger partial charge in [-0.2, -0.15) is 0 Å². The van der Waals surface area contributed by atoms with Gasteiger partial charge in [0.2, 0.25) is 0 Å². The highest BCUT2D eigenvalue weighted by Crippen LogP contribution is 2.30. The van der Waals surface area contributed by atoms with Crippen molar-refractivity contribution in [2.24, 2.45) is 7.05 Å². The molecular weight excluding hydrogens is 310 g/mol. The number of H-pyrrole nitrogens is 1. The van der Waals surface area contributed by atoms with E-state index in [0.717, 1.165) is 16.5 Å². The van der Waals surface area contributed by atoms with E-state index in [0.29, 0.717) is 10.4 Å². The molecule has 3 aromatic rings. The summed E-state index contributed by atoms with van der Waals surface area (Å²) in [5.41, 5.74) is 2.01. The molecule has 3 rings (SSSR count). The van der Waals surface area contributed by atoms with Gasteiger partial charge in [-0.15, -0.1) is 0 Å². The van der Waals surface area contributed by atoms with Gasteiger partial charge in [0.25, 0.3) is 0 Å². The number of para-hydroxylation sites is 1. The summed E-state index contributed by atoms with van der Waals surface area (Å²) < 4.78 is 1.91. The molecule has 0 aliphatic carbocycles. The molecular formula is C13H10BrN3O2. The Balaban J connectivity index is 2.28. The van der Waals surface area contributed by atoms with Crippen molar-refractivity contribution in [2.75, 3.05) is 0 Å². The Morgan fingerprint density at radius 2 is 2.16 bits per heavy atom. The molecule has 0 saturated carbocycles. The van der Waals surface area contributed by atoms with Gasteiger partial charge in [0.1, 0.15) is 10.4 Å². The van der Waals surface area contributed by atoms with Crippen molar-refractivity contribution in [3.8, 4) is 11.4 Å². The molecule has 2 aromatic heterocycles. The van der Waals surface area contributed by atoms with Crippen molar-refractivity contribution < 1.29 is 9.90 Å². The maximum absolute atomic E-state index is 11.2. The number of aromatic amines is 1. The highest BCUT2D eigenvalue weighted by atomic mass is 79.9. The smallest absolute Gasteiger partial charge is 0.355 e. The zero-order valence-electron chi connectivity index (χ0n) is 10.0. The normalized spacial score (nSPS) is 11.1. The molecule has 5 nitrogen and oxygen atoms in total. The first-order valence-electron chi connectivity index (χ1n) is 5.61. The maximum atomic E-state index is 11.2. The van der Waals surface area contributed by atoms with Crippen LogP contribution in [0.3, 0.4) is 0 Å². The van der Waals surface area contributed by atoms with E-state index < -0.39 is 5.97 Å². The fourth-order valence-electron chi connectivity index (χ4n) is 2.19. The third kappa shape index (κ3) is 1.76. The number of rotatable bonds is 2. The Bertz CT molecular complexity index is 788. The molecule has 0 amide bonds. The molecule has 0 saturated heterocycles. The standard InChI is InChI=1S/C13H10BrN3O2/c1-17-10(13(18)19)11(14)16-12(17)8-6-15-9-5-3-2-4-7(8)9/h2-6,15H,1H3,(H,18,19). The van der Waals surface area contributed by atoms with Crippen LogP contribution in [-0.2, 0) is 7.05 Å². The van der Waals surface area contributed by atoms with Gasteiger partial charge in [-0.1, -0.05) is 18.2 Å². The van der Waals surface area contributed by atoms with Crippen LogP contribution >= 0.6 is 15.9 Å². The summed E-state index contributed by atoms with van der Waals surface area (Å²) in [6.45, 7) is 0. The van der Waals surface area contributed by atoms with Crippen LogP contribution in [-0.4, -0.2) is 25.6 Å². The molecule has 0 fully saturated rings. The van der Waals surface area contributed by atoms with Crippen LogP contribution in [0.15, 0.2) is 35.1 Å². The third-order valence-corrected chi connectivity index (χ3v) is 3.64. The predicted octanol–water partition coefficient (Wildman–Crippen LogP) is 3.03. The number of carboxylic acid groups (broad SMARTS) is 1. The van der Waals surface area contributed by atoms with Crippen molar-refractivity contribution in [1.82, 2.24) is 14.5 Å². The first-order chi connectivity index (χ1) is 9.09. The summed E-state index contributed by atoms with van der Waals surface area (Å²) in [4.78, 5) is 18.6. The Morgan fingerprint density at radius 3 is 2.84 bits per heavy atom. The highest BCUT2D eigenvalue weighted by Gasteiger charge is 2.21. The van der Waals surface area contributed by atoms with Gasteiger partial charge in [0.15, 0.2) is 5.69 Å². The van der Waals surface area contributed by atoms with Gasteiger partial charge >= 0.3 is 5.97 Å². The van der Waals surface area contributed by atoms with Crippen LogP contribution in [0.1, 0.15) is 10.5 Å². The second kappa shape index (κ2) is 4.24. The molecule has 2 N–H and O–H groups in total. The average molecular weight is 320 g/mol. The van der Waals surface area contributed by atoms with E-state index in [1.165, 1.54) is 0 Å². The fraction of sp³-hybridized carbons (Fsp3) is 0.0769. The van der Waals surface area contributed by atoms with E-state index in [-0.39, 0.29) is 5.69 Å². The fourth-order valence-corrected chi connectivity index (χ4v) is 2.80. The molecule has 96 valence electrons. The van der Waals surface area contributed by atoms with Crippen molar-refractivity contribution in [3.05, 3.63) is 40.8 Å². The average Bonchev–Trinajstić information content (AvgIpc) is 2.90. The number of hydrogen-bond acceptors (Lipinski definition) is 2. The number of halogens is 1. The summed E-state index contributed by atoms with van der Waals surface area (Å²) >= 11 is 3.20. The second-order valence-corrected chi connectivity index (χ2v) is 4.94. The lowest BCUT2D eigenvalue weighted by atomic mass is 10.1. The van der Waals surface area contributed by atoms with Gasteiger partial charge in [-0.25, -0.2) is 9.78 Å². The molecule has 0 atom stereocenters. The Labute approximate surface area is 117 Å². The van der Waals surface area contributed by atoms with Gasteiger partial charge in [-0.3, -0.25) is 0 Å². The molecule has 0 aliphatic rings. The van der Waals surface area contributed by atoms with E-state index >= 15 is 0 Å². The SMILES string of the molecule is Cn1c(-c2c[nH]c3ccccc23)nc(Br)c1C(=O)O. The van der Waals surface area contributed by atoms with Crippen LogP contribution in [0.4, 0.5) is 0 Å². The molecule has 0 spiro atoms. The molecule has 1 aromatic carbocycles. The largest absolute Gasteiger partial charge is 0.476 e. The first kappa shape index (κ1) is 12.0. The number of imidazole rings is 1. The number of benzene rings is 1. The van der Waals surface area contributed by atoms with E-state index in [4.69, 9.17) is 0 Å². The summed E-state index contributed by atoms with van der Waals surface area (Å²) in [7, 11) is 1.69. The molecule has 19 heavy (non-hydrogen) atoms. The summed E-state index contributed by atoms with van der Waals surface area (Å²) in [5, 5.41) is 10.2. The molecule has 0 unspecified atom stereocenters. The lowest BCUT2D eigenvalue weighted by molar-refractivity contribution is 0.0685. The third-order valence-electron chi connectivity index (χ3n) is 3.09. The molecule has 2 heterocycles. The van der Waals surface area contributed by atoms with E-state index in [1.54, 1.807) is 11.6 Å². The Hall–Kier alpha value is -2.08. The van der Waals surface area contributed by atoms with Gasteiger partial charge in [-0.05, 0) is 22.0 Å². The minimum atomic E-state index is -1.01. The lowest BCUT2D eigenvalue weighted by Crippen LogP contribution is -2.05. The molecule has 6 heteroatoms. The van der Waals surface area contributed by atoms with Crippen molar-refractivity contribution in [1.29, 1.82) is 0 Å². The number of carboxylic acids is 1. The van der Waals surface area contributed by atoms with Gasteiger partial charge in [0.05, 0.1) is 0 Å². The van der Waals surface area contributed by atoms with E-state index in [2.05, 4.69) is 25.9 Å². The first-order valence-corrected chi connectivity index (χ1v) is 6.41. The topological polar surface area (TPSA) is 70.9 Å². The van der Waals surface area contributed by atoms with Crippen LogP contribution in [0.25, 0.3) is 22.3 Å². The van der Waals surface area contributed by atoms with Crippen molar-refractivity contribution in [2.45, 2.75) is 0 Å². The summed E-state index contributed by atoms with van der Waals surface area (Å²) in [6, 6.07) is 7.83. The number of nitrogens with zero attached hydrogens (tertiary/aromatic N) is 2. The Kier molecular flexibility index (Phi) is 2.67. The molecule has 0 radical (unpaired) electrons. The van der Waals surface area contributed by atoms with E-state index in [9.17, 15) is 9.90 Å². The van der Waals surface area contributed by atoms with Crippen LogP contribution in [0, 0.1) is 0 Å². The lowest BCUT2D eigenvalue weighted by Gasteiger charge is -2.01. The highest BCUT2D eigenvalue weighted by molar-refractivity contribution is 9.10. The van der Waals surface area contributed by atoms with Gasteiger partial charge in [0, 0.05) is 29.7 Å². The second-order valence-electron chi connectivity index (χ2n) is 4.19. The van der Waals surface area contributed by atoms with Crippen LogP contribution in [0.5, 0.6) is 0 Å². The number of aromatic carboxylic acids is 1. The summed E-state index contributed by atoms with van der Waals surface area (Å²) in [6.07, 6.45) is 1.84. The quantitative estimate of drug-likeness (QED) is 0.762. The zero-order chi connectivity index (χ0) is 13.6. The number of fused-ring (bicyclic) bond motifs is 1. The van der Waals surface area contributed by atoms with Crippen molar-refractivity contribution in [3.63, 3.8) is 0 Å². The predicted molar refractivity (Wildman–Crippen MR) is 75.2 cm³/mol. The number of aromatic nitrogens is 3. The van der Waals surface area contributed by atoms with Gasteiger partial charge < -0.3 is 14.7 Å². The molecule has 0 bridgehead atoms. The minimum absolute atomic E-state index is 0.139. The minimum Gasteiger partial charge on any atom is -0.476 e. The maximum Gasteiger partial charge on any atom is 0.355 e. The van der Waals surface area contributed by atoms with Crippen LogP contribution < -0.4 is 0 Å². The monoisotopic (exact) mass is 319 g/mol. The zero-order valence-corrected chi connectivity index (χ0v) is 11.6. The van der Waals surface area contributed by atoms with Crippen LogP contribution in [0.2, 0.25) is 0 Å². The number of nitrogens with one attached hydrogen (secondary N) is 1. The summed E-state index contributed by atoms with van der Waals surface area (Å²) in [5.74, 6) is -0.394. The Morgan fingerprint density at radius 1 is 1.42 bits per heavy atom. The number of hydrogen-bond donors (Lipinski definition) is 2.